The van der Waals surface area contributed by atoms with Crippen LogP contribution in [0.15, 0.2) is 6.20 Å². The fourth-order valence-electron chi connectivity index (χ4n) is 5.12. The largest absolute Gasteiger partial charge is 0.377 e. The molecule has 1 aromatic rings. The van der Waals surface area contributed by atoms with E-state index in [9.17, 15) is 14.4 Å². The Balaban J connectivity index is 0.991. The zero-order chi connectivity index (χ0) is 34.4. The van der Waals surface area contributed by atoms with Gasteiger partial charge in [0.25, 0.3) is 0 Å². The molecular formula is C32H56N6O10. The van der Waals surface area contributed by atoms with Gasteiger partial charge in [0.1, 0.15) is 5.69 Å². The second-order valence-corrected chi connectivity index (χ2v) is 12.2. The van der Waals surface area contributed by atoms with Crippen molar-refractivity contribution in [1.29, 1.82) is 0 Å². The molecule has 2 atom stereocenters. The quantitative estimate of drug-likeness (QED) is 0.103. The Labute approximate surface area is 284 Å². The third-order valence-corrected chi connectivity index (χ3v) is 7.92. The topological polar surface area (TPSA) is 165 Å². The SMILES string of the molecule is CC(C)C1CC(=O)N(Cc2cn(CCOCCOCCOCCOCCOCCOCCOCCNC(=O)N3CC[C@@H](C)C3)nn2)C1=O. The van der Waals surface area contributed by atoms with Crippen LogP contribution in [-0.2, 0) is 55.8 Å². The summed E-state index contributed by atoms with van der Waals surface area (Å²) in [4.78, 5) is 39.8. The van der Waals surface area contributed by atoms with Crippen LogP contribution in [0.5, 0.6) is 0 Å². The number of carbonyl (C=O) groups excluding carboxylic acids is 3. The molecular weight excluding hydrogens is 628 g/mol. The Kier molecular flexibility index (Phi) is 19.5. The van der Waals surface area contributed by atoms with Crippen molar-refractivity contribution in [3.05, 3.63) is 11.9 Å². The maximum Gasteiger partial charge on any atom is 0.317 e. The number of amides is 4. The van der Waals surface area contributed by atoms with Crippen LogP contribution >= 0.6 is 0 Å². The number of nitrogens with one attached hydrogen (secondary N) is 1. The van der Waals surface area contributed by atoms with Crippen LogP contribution in [0.4, 0.5) is 4.79 Å². The van der Waals surface area contributed by atoms with Gasteiger partial charge in [-0.05, 0) is 18.3 Å². The first-order valence-corrected chi connectivity index (χ1v) is 17.1. The van der Waals surface area contributed by atoms with Crippen LogP contribution in [0.1, 0.15) is 39.3 Å². The number of carbonyl (C=O) groups is 3. The molecule has 3 heterocycles. The summed E-state index contributed by atoms with van der Waals surface area (Å²) in [5.41, 5.74) is 0.575. The van der Waals surface area contributed by atoms with Gasteiger partial charge in [-0.25, -0.2) is 9.48 Å². The first-order chi connectivity index (χ1) is 23.3. The number of nitrogens with zero attached hydrogens (tertiary/aromatic N) is 5. The number of hydrogen-bond acceptors (Lipinski definition) is 12. The summed E-state index contributed by atoms with van der Waals surface area (Å²) in [5.74, 6) is 0.172. The van der Waals surface area contributed by atoms with Crippen molar-refractivity contribution in [2.45, 2.75) is 46.7 Å². The highest BCUT2D eigenvalue weighted by molar-refractivity contribution is 6.03. The lowest BCUT2D eigenvalue weighted by atomic mass is 9.94. The number of ether oxygens (including phenoxy) is 7. The number of hydrogen-bond donors (Lipinski definition) is 1. The smallest absolute Gasteiger partial charge is 0.317 e. The predicted octanol–water partition coefficient (Wildman–Crippen LogP) is 0.977. The van der Waals surface area contributed by atoms with Gasteiger partial charge in [0.2, 0.25) is 11.8 Å². The molecule has 2 aliphatic heterocycles. The van der Waals surface area contributed by atoms with Crippen LogP contribution in [0.2, 0.25) is 0 Å². The molecule has 0 aliphatic carbocycles. The van der Waals surface area contributed by atoms with Crippen molar-refractivity contribution in [3.8, 4) is 0 Å². The van der Waals surface area contributed by atoms with Gasteiger partial charge in [-0.1, -0.05) is 26.0 Å². The second kappa shape index (κ2) is 23.6. The first-order valence-electron chi connectivity index (χ1n) is 17.1. The standard InChI is InChI=1S/C32H56N6O10/c1-26(2)29-22-30(39)38(31(29)40)25-28-24-37(35-34-28)7-9-43-11-13-45-15-17-47-19-21-48-20-18-46-16-14-44-12-10-42-8-5-33-32(41)36-6-4-27(3)23-36/h24,26-27,29H,4-23,25H2,1-3H3,(H,33,41)/t27-,29?/m1/s1. The molecule has 0 saturated carbocycles. The Morgan fingerprint density at radius 2 is 1.35 bits per heavy atom. The number of aromatic nitrogens is 3. The Hall–Kier alpha value is -2.73. The summed E-state index contributed by atoms with van der Waals surface area (Å²) < 4.78 is 40.1. The third kappa shape index (κ3) is 15.7. The van der Waals surface area contributed by atoms with E-state index in [2.05, 4.69) is 22.6 Å². The van der Waals surface area contributed by atoms with Gasteiger partial charge in [0, 0.05) is 32.0 Å². The van der Waals surface area contributed by atoms with Crippen LogP contribution < -0.4 is 5.32 Å². The summed E-state index contributed by atoms with van der Waals surface area (Å²) in [7, 11) is 0. The van der Waals surface area contributed by atoms with Crippen molar-refractivity contribution >= 4 is 17.8 Å². The number of likely N-dealkylation sites (tertiary alicyclic amines) is 2. The molecule has 16 heteroatoms. The maximum atomic E-state index is 12.5. The zero-order valence-electron chi connectivity index (χ0n) is 29.0. The molecule has 2 fully saturated rings. The van der Waals surface area contributed by atoms with E-state index in [0.29, 0.717) is 117 Å². The summed E-state index contributed by atoms with van der Waals surface area (Å²) in [6.45, 7) is 15.4. The van der Waals surface area contributed by atoms with E-state index in [-0.39, 0.29) is 42.6 Å². The molecule has 0 bridgehead atoms. The van der Waals surface area contributed by atoms with E-state index in [1.807, 2.05) is 18.7 Å². The first kappa shape index (κ1) is 39.7. The minimum absolute atomic E-state index is 0.0126. The van der Waals surface area contributed by atoms with Crippen LogP contribution in [0.3, 0.4) is 0 Å². The van der Waals surface area contributed by atoms with Crippen molar-refractivity contribution < 1.29 is 47.5 Å². The molecule has 1 aromatic heterocycles. The Morgan fingerprint density at radius 1 is 0.833 bits per heavy atom. The van der Waals surface area contributed by atoms with Gasteiger partial charge in [0.15, 0.2) is 0 Å². The molecule has 3 rings (SSSR count). The lowest BCUT2D eigenvalue weighted by Crippen LogP contribution is -2.39. The molecule has 4 amide bonds. The Bertz CT molecular complexity index is 1060. The van der Waals surface area contributed by atoms with E-state index >= 15 is 0 Å². The fraction of sp³-hybridized carbons (Fsp3) is 0.844. The van der Waals surface area contributed by atoms with Crippen LogP contribution in [0.25, 0.3) is 0 Å². The van der Waals surface area contributed by atoms with E-state index in [1.165, 1.54) is 4.90 Å². The molecule has 0 aromatic carbocycles. The molecule has 2 saturated heterocycles. The van der Waals surface area contributed by atoms with Crippen molar-refractivity contribution in [2.24, 2.45) is 17.8 Å². The molecule has 2 aliphatic rings. The van der Waals surface area contributed by atoms with Crippen molar-refractivity contribution in [3.63, 3.8) is 0 Å². The molecule has 48 heavy (non-hydrogen) atoms. The van der Waals surface area contributed by atoms with Gasteiger partial charge < -0.3 is 43.4 Å². The summed E-state index contributed by atoms with van der Waals surface area (Å²) in [5, 5.41) is 11.0. The molecule has 0 radical (unpaired) electrons. The van der Waals surface area contributed by atoms with Gasteiger partial charge in [0.05, 0.1) is 112 Å². The van der Waals surface area contributed by atoms with E-state index in [4.69, 9.17) is 33.2 Å². The number of imide groups is 1. The molecule has 16 nitrogen and oxygen atoms in total. The maximum absolute atomic E-state index is 12.5. The highest BCUT2D eigenvalue weighted by Gasteiger charge is 2.40. The van der Waals surface area contributed by atoms with Gasteiger partial charge in [-0.3, -0.25) is 14.5 Å². The van der Waals surface area contributed by atoms with Gasteiger partial charge >= 0.3 is 6.03 Å². The predicted molar refractivity (Wildman–Crippen MR) is 173 cm³/mol. The lowest BCUT2D eigenvalue weighted by molar-refractivity contribution is -0.140. The fourth-order valence-corrected chi connectivity index (χ4v) is 5.12. The van der Waals surface area contributed by atoms with E-state index in [0.717, 1.165) is 19.5 Å². The highest BCUT2D eigenvalue weighted by Crippen LogP contribution is 2.27. The normalized spacial score (nSPS) is 18.2. The number of urea groups is 1. The van der Waals surface area contributed by atoms with Crippen molar-refractivity contribution in [1.82, 2.24) is 30.1 Å². The molecule has 1 unspecified atom stereocenters. The monoisotopic (exact) mass is 684 g/mol. The molecule has 1 N–H and O–H groups in total. The summed E-state index contributed by atoms with van der Waals surface area (Å²) in [6.07, 6.45) is 3.06. The van der Waals surface area contributed by atoms with Gasteiger partial charge in [-0.15, -0.1) is 5.10 Å². The third-order valence-electron chi connectivity index (χ3n) is 7.92. The van der Waals surface area contributed by atoms with Crippen LogP contribution in [0, 0.1) is 17.8 Å². The van der Waals surface area contributed by atoms with E-state index < -0.39 is 0 Å². The minimum atomic E-state index is -0.251. The zero-order valence-corrected chi connectivity index (χ0v) is 29.0. The Morgan fingerprint density at radius 3 is 1.83 bits per heavy atom. The van der Waals surface area contributed by atoms with E-state index in [1.54, 1.807) is 10.9 Å². The average Bonchev–Trinajstić information content (AvgIpc) is 3.78. The average molecular weight is 685 g/mol. The summed E-state index contributed by atoms with van der Waals surface area (Å²) >= 11 is 0. The highest BCUT2D eigenvalue weighted by atomic mass is 16.6. The molecule has 0 spiro atoms. The minimum Gasteiger partial charge on any atom is -0.377 e. The lowest BCUT2D eigenvalue weighted by Gasteiger charge is -2.16. The number of rotatable bonds is 27. The summed E-state index contributed by atoms with van der Waals surface area (Å²) in [6, 6.07) is -0.0126. The van der Waals surface area contributed by atoms with Gasteiger partial charge in [-0.2, -0.15) is 0 Å². The van der Waals surface area contributed by atoms with Crippen molar-refractivity contribution in [2.75, 3.05) is 112 Å². The molecule has 274 valence electrons. The second-order valence-electron chi connectivity index (χ2n) is 12.2. The van der Waals surface area contributed by atoms with Crippen LogP contribution in [-0.4, -0.2) is 155 Å².